The quantitative estimate of drug-likeness (QED) is 0.801. The Bertz CT molecular complexity index is 455. The highest BCUT2D eigenvalue weighted by Gasteiger charge is 2.21. The van der Waals surface area contributed by atoms with Crippen LogP contribution in [0.4, 0.5) is 0 Å². The molecule has 0 atom stereocenters. The standard InChI is InChI=1S/C17H27NO3/c1-5-15(6-2)18(9-10-19)17(20)12-21-16-8-7-13(3)11-14(16)4/h7-8,11,15,19H,5-6,9-10,12H2,1-4H3. The summed E-state index contributed by atoms with van der Waals surface area (Å²) < 4.78 is 5.65. The molecule has 0 heterocycles. The molecule has 0 spiro atoms. The lowest BCUT2D eigenvalue weighted by Gasteiger charge is -2.30. The lowest BCUT2D eigenvalue weighted by Crippen LogP contribution is -2.44. The van der Waals surface area contributed by atoms with E-state index in [4.69, 9.17) is 9.84 Å². The Balaban J connectivity index is 2.68. The summed E-state index contributed by atoms with van der Waals surface area (Å²) in [6, 6.07) is 6.06. The summed E-state index contributed by atoms with van der Waals surface area (Å²) in [6.45, 7) is 8.46. The normalized spacial score (nSPS) is 10.8. The van der Waals surface area contributed by atoms with Crippen LogP contribution in [0.2, 0.25) is 0 Å². The largest absolute Gasteiger partial charge is 0.484 e. The van der Waals surface area contributed by atoms with Gasteiger partial charge in [-0.15, -0.1) is 0 Å². The first-order valence-corrected chi connectivity index (χ1v) is 7.63. The van der Waals surface area contributed by atoms with Crippen LogP contribution in [-0.4, -0.2) is 41.7 Å². The molecule has 1 amide bonds. The molecule has 0 radical (unpaired) electrons. The summed E-state index contributed by atoms with van der Waals surface area (Å²) in [4.78, 5) is 14.1. The second-order valence-corrected chi connectivity index (χ2v) is 5.34. The molecule has 0 unspecified atom stereocenters. The van der Waals surface area contributed by atoms with Crippen molar-refractivity contribution in [2.24, 2.45) is 0 Å². The van der Waals surface area contributed by atoms with Gasteiger partial charge in [0.25, 0.3) is 5.91 Å². The van der Waals surface area contributed by atoms with Crippen molar-refractivity contribution in [3.8, 4) is 5.75 Å². The van der Waals surface area contributed by atoms with Gasteiger partial charge in [-0.2, -0.15) is 0 Å². The van der Waals surface area contributed by atoms with Gasteiger partial charge in [-0.1, -0.05) is 31.5 Å². The van der Waals surface area contributed by atoms with Gasteiger partial charge >= 0.3 is 0 Å². The summed E-state index contributed by atoms with van der Waals surface area (Å²) >= 11 is 0. The number of carbonyl (C=O) groups is 1. The van der Waals surface area contributed by atoms with Crippen LogP contribution in [0, 0.1) is 13.8 Å². The van der Waals surface area contributed by atoms with E-state index >= 15 is 0 Å². The van der Waals surface area contributed by atoms with Crippen molar-refractivity contribution in [2.45, 2.75) is 46.6 Å². The molecule has 0 aliphatic rings. The molecular formula is C17H27NO3. The van der Waals surface area contributed by atoms with E-state index in [1.807, 2.05) is 32.0 Å². The molecule has 0 saturated heterocycles. The zero-order valence-electron chi connectivity index (χ0n) is 13.6. The molecule has 4 heteroatoms. The number of ether oxygens (including phenoxy) is 1. The van der Waals surface area contributed by atoms with Crippen LogP contribution in [0.5, 0.6) is 5.75 Å². The highest BCUT2D eigenvalue weighted by atomic mass is 16.5. The maximum absolute atomic E-state index is 12.3. The highest BCUT2D eigenvalue weighted by molar-refractivity contribution is 5.78. The summed E-state index contributed by atoms with van der Waals surface area (Å²) in [7, 11) is 0. The van der Waals surface area contributed by atoms with Crippen molar-refractivity contribution >= 4 is 5.91 Å². The smallest absolute Gasteiger partial charge is 0.260 e. The number of aliphatic hydroxyl groups is 1. The fraction of sp³-hybridized carbons (Fsp3) is 0.588. The number of hydrogen-bond donors (Lipinski definition) is 1. The van der Waals surface area contributed by atoms with Crippen LogP contribution in [0.3, 0.4) is 0 Å². The van der Waals surface area contributed by atoms with Gasteiger partial charge in [-0.25, -0.2) is 0 Å². The second-order valence-electron chi connectivity index (χ2n) is 5.34. The van der Waals surface area contributed by atoms with E-state index in [1.165, 1.54) is 5.56 Å². The lowest BCUT2D eigenvalue weighted by atomic mass is 10.1. The third-order valence-electron chi connectivity index (χ3n) is 3.73. The van der Waals surface area contributed by atoms with Crippen LogP contribution >= 0.6 is 0 Å². The van der Waals surface area contributed by atoms with E-state index in [2.05, 4.69) is 13.8 Å². The summed E-state index contributed by atoms with van der Waals surface area (Å²) in [5, 5.41) is 9.15. The van der Waals surface area contributed by atoms with E-state index in [-0.39, 0.29) is 25.2 Å². The minimum absolute atomic E-state index is 0.0143. The molecule has 21 heavy (non-hydrogen) atoms. The Labute approximate surface area is 127 Å². The molecule has 1 N–H and O–H groups in total. The van der Waals surface area contributed by atoms with Crippen LogP contribution < -0.4 is 4.74 Å². The van der Waals surface area contributed by atoms with Crippen molar-refractivity contribution in [2.75, 3.05) is 19.8 Å². The highest BCUT2D eigenvalue weighted by Crippen LogP contribution is 2.19. The van der Waals surface area contributed by atoms with E-state index in [9.17, 15) is 4.79 Å². The van der Waals surface area contributed by atoms with Crippen molar-refractivity contribution in [1.82, 2.24) is 4.90 Å². The minimum atomic E-state index is -0.0716. The summed E-state index contributed by atoms with van der Waals surface area (Å²) in [6.07, 6.45) is 1.76. The molecule has 1 rings (SSSR count). The fourth-order valence-electron chi connectivity index (χ4n) is 2.53. The van der Waals surface area contributed by atoms with Gasteiger partial charge in [0, 0.05) is 12.6 Å². The van der Waals surface area contributed by atoms with Gasteiger partial charge in [-0.3, -0.25) is 4.79 Å². The molecule has 0 saturated carbocycles. The van der Waals surface area contributed by atoms with Crippen LogP contribution in [0.25, 0.3) is 0 Å². The van der Waals surface area contributed by atoms with E-state index in [0.29, 0.717) is 6.54 Å². The van der Waals surface area contributed by atoms with Gasteiger partial charge in [0.1, 0.15) is 5.75 Å². The number of carbonyl (C=O) groups excluding carboxylic acids is 1. The average Bonchev–Trinajstić information content (AvgIpc) is 2.46. The van der Waals surface area contributed by atoms with Gasteiger partial charge < -0.3 is 14.7 Å². The first kappa shape index (κ1) is 17.5. The fourth-order valence-corrected chi connectivity index (χ4v) is 2.53. The third-order valence-corrected chi connectivity index (χ3v) is 3.73. The first-order chi connectivity index (χ1) is 10.0. The molecule has 0 fully saturated rings. The zero-order chi connectivity index (χ0) is 15.8. The topological polar surface area (TPSA) is 49.8 Å². The summed E-state index contributed by atoms with van der Waals surface area (Å²) in [5.74, 6) is 0.667. The van der Waals surface area contributed by atoms with Crippen molar-refractivity contribution in [3.63, 3.8) is 0 Å². The average molecular weight is 293 g/mol. The van der Waals surface area contributed by atoms with Crippen LogP contribution in [-0.2, 0) is 4.79 Å². The number of amides is 1. The lowest BCUT2D eigenvalue weighted by molar-refractivity contribution is -0.136. The molecule has 0 aromatic heterocycles. The number of hydrogen-bond acceptors (Lipinski definition) is 3. The first-order valence-electron chi connectivity index (χ1n) is 7.63. The van der Waals surface area contributed by atoms with Crippen molar-refractivity contribution in [1.29, 1.82) is 0 Å². The second kappa shape index (κ2) is 8.67. The minimum Gasteiger partial charge on any atom is -0.484 e. The molecule has 118 valence electrons. The molecular weight excluding hydrogens is 266 g/mol. The predicted molar refractivity (Wildman–Crippen MR) is 84.6 cm³/mol. The molecule has 0 aliphatic carbocycles. The number of benzene rings is 1. The molecule has 4 nitrogen and oxygen atoms in total. The zero-order valence-corrected chi connectivity index (χ0v) is 13.6. The van der Waals surface area contributed by atoms with Gasteiger partial charge in [0.15, 0.2) is 6.61 Å². The molecule has 1 aromatic carbocycles. The molecule has 0 aliphatic heterocycles. The van der Waals surface area contributed by atoms with Crippen LogP contribution in [0.15, 0.2) is 18.2 Å². The van der Waals surface area contributed by atoms with Crippen molar-refractivity contribution < 1.29 is 14.6 Å². The van der Waals surface area contributed by atoms with Crippen molar-refractivity contribution in [3.05, 3.63) is 29.3 Å². The van der Waals surface area contributed by atoms with Crippen LogP contribution in [0.1, 0.15) is 37.8 Å². The van der Waals surface area contributed by atoms with Gasteiger partial charge in [-0.05, 0) is 38.3 Å². The van der Waals surface area contributed by atoms with E-state index < -0.39 is 0 Å². The Kier molecular flexibility index (Phi) is 7.23. The SMILES string of the molecule is CCC(CC)N(CCO)C(=O)COc1ccc(C)cc1C. The Morgan fingerprint density at radius 3 is 2.48 bits per heavy atom. The predicted octanol–water partition coefficient (Wildman–Crippen LogP) is 2.69. The van der Waals surface area contributed by atoms with Gasteiger partial charge in [0.05, 0.1) is 6.61 Å². The maximum Gasteiger partial charge on any atom is 0.260 e. The summed E-state index contributed by atoms with van der Waals surface area (Å²) in [5.41, 5.74) is 2.20. The Morgan fingerprint density at radius 1 is 1.29 bits per heavy atom. The Hall–Kier alpha value is -1.55. The Morgan fingerprint density at radius 2 is 1.95 bits per heavy atom. The van der Waals surface area contributed by atoms with E-state index in [1.54, 1.807) is 4.90 Å². The third kappa shape index (κ3) is 5.05. The number of aryl methyl sites for hydroxylation is 2. The molecule has 0 bridgehead atoms. The maximum atomic E-state index is 12.3. The number of nitrogens with zero attached hydrogens (tertiary/aromatic N) is 1. The number of rotatable bonds is 8. The molecule has 1 aromatic rings. The number of aliphatic hydroxyl groups excluding tert-OH is 1. The van der Waals surface area contributed by atoms with Gasteiger partial charge in [0.2, 0.25) is 0 Å². The monoisotopic (exact) mass is 293 g/mol. The van der Waals surface area contributed by atoms with E-state index in [0.717, 1.165) is 24.2 Å².